The minimum absolute atomic E-state index is 0.0192. The van der Waals surface area contributed by atoms with Gasteiger partial charge in [-0.25, -0.2) is 4.79 Å². The predicted octanol–water partition coefficient (Wildman–Crippen LogP) is 2.48. The van der Waals surface area contributed by atoms with Gasteiger partial charge in [0.15, 0.2) is 11.6 Å². The molecule has 3 heterocycles. The van der Waals surface area contributed by atoms with Crippen LogP contribution < -0.4 is 21.1 Å². The molecular weight excluding hydrogens is 493 g/mol. The Bertz CT molecular complexity index is 915. The maximum Gasteiger partial charge on any atom is 0.404 e. The van der Waals surface area contributed by atoms with Gasteiger partial charge in [0.2, 0.25) is 17.0 Å². The molecule has 36 heavy (non-hydrogen) atoms. The number of nitrogens with zero attached hydrogens (tertiary/aromatic N) is 4. The second kappa shape index (κ2) is 12.7. The molecule has 1 aliphatic carbocycles. The lowest BCUT2D eigenvalue weighted by Crippen LogP contribution is -2.45. The van der Waals surface area contributed by atoms with E-state index in [0.717, 1.165) is 58.2 Å². The van der Waals surface area contributed by atoms with Crippen molar-refractivity contribution in [2.75, 3.05) is 56.3 Å². The van der Waals surface area contributed by atoms with Crippen molar-refractivity contribution in [3.63, 3.8) is 0 Å². The minimum atomic E-state index is -1.19. The van der Waals surface area contributed by atoms with E-state index in [9.17, 15) is 9.59 Å². The molecule has 0 spiro atoms. The summed E-state index contributed by atoms with van der Waals surface area (Å²) >= 11 is 6.15. The number of rotatable bonds is 10. The van der Waals surface area contributed by atoms with Gasteiger partial charge in [0.05, 0.1) is 19.1 Å². The lowest BCUT2D eigenvalue weighted by molar-refractivity contribution is -0.124. The first kappa shape index (κ1) is 26.6. The van der Waals surface area contributed by atoms with Crippen molar-refractivity contribution in [2.24, 2.45) is 11.8 Å². The van der Waals surface area contributed by atoms with Gasteiger partial charge in [0.25, 0.3) is 0 Å². The highest BCUT2D eigenvalue weighted by Gasteiger charge is 2.32. The van der Waals surface area contributed by atoms with Crippen LogP contribution in [-0.2, 0) is 9.53 Å². The van der Waals surface area contributed by atoms with E-state index in [4.69, 9.17) is 21.4 Å². The molecule has 0 radical (unpaired) electrons. The number of morpholine rings is 1. The van der Waals surface area contributed by atoms with Crippen molar-refractivity contribution in [3.8, 4) is 0 Å². The van der Waals surface area contributed by atoms with Crippen molar-refractivity contribution in [2.45, 2.75) is 51.0 Å². The molecule has 200 valence electrons. The predicted molar refractivity (Wildman–Crippen MR) is 132 cm³/mol. The number of carboxylic acid groups (broad SMARTS) is 1. The first-order valence-electron chi connectivity index (χ1n) is 12.7. The van der Waals surface area contributed by atoms with Crippen LogP contribution in [-0.4, -0.2) is 84.0 Å². The van der Waals surface area contributed by atoms with E-state index in [-0.39, 0.29) is 29.5 Å². The van der Waals surface area contributed by atoms with Crippen LogP contribution in [0, 0.1) is 17.7 Å². The number of hydrogen-bond acceptors (Lipinski definition) is 8. The zero-order chi connectivity index (χ0) is 25.5. The normalized spacial score (nSPS) is 21.9. The van der Waals surface area contributed by atoms with Gasteiger partial charge in [-0.15, -0.1) is 0 Å². The SMILES string of the molecule is O=C(O)NC[C@@H](CC1CCCC1)C(=O)NNc1nc(Cl)nc(N2CCC[C@@H]2CN2CCOCC2)c1F. The van der Waals surface area contributed by atoms with Gasteiger partial charge >= 0.3 is 6.09 Å². The summed E-state index contributed by atoms with van der Waals surface area (Å²) in [6.07, 6.45) is 5.45. The largest absolute Gasteiger partial charge is 0.465 e. The smallest absolute Gasteiger partial charge is 0.404 e. The van der Waals surface area contributed by atoms with Crippen LogP contribution in [0.25, 0.3) is 0 Å². The standard InChI is InChI=1S/C23H35ClFN7O4/c24-22-27-19(29-30-21(33)16(13-26-23(34)35)12-15-4-1-2-5-15)18(25)20(28-22)32-7-3-6-17(32)14-31-8-10-36-11-9-31/h15-17,26H,1-14H2,(H,30,33)(H,34,35)(H,27,28,29)/t16-,17-/m1/s1. The molecule has 1 saturated carbocycles. The molecule has 1 aromatic rings. The van der Waals surface area contributed by atoms with E-state index in [1.807, 2.05) is 4.90 Å². The Morgan fingerprint density at radius 3 is 2.61 bits per heavy atom. The minimum Gasteiger partial charge on any atom is -0.465 e. The second-order valence-corrected chi connectivity index (χ2v) is 10.1. The molecule has 2 atom stereocenters. The molecule has 3 fully saturated rings. The number of carbonyl (C=O) groups is 2. The summed E-state index contributed by atoms with van der Waals surface area (Å²) in [5, 5.41) is 11.1. The zero-order valence-corrected chi connectivity index (χ0v) is 21.1. The molecule has 4 rings (SSSR count). The maximum atomic E-state index is 15.5. The Morgan fingerprint density at radius 1 is 1.14 bits per heavy atom. The topological polar surface area (TPSA) is 132 Å². The highest BCUT2D eigenvalue weighted by molar-refractivity contribution is 6.28. The number of hydrazine groups is 1. The van der Waals surface area contributed by atoms with E-state index < -0.39 is 23.7 Å². The Hall–Kier alpha value is -2.44. The fourth-order valence-electron chi connectivity index (χ4n) is 5.43. The van der Waals surface area contributed by atoms with Gasteiger partial charge in [0, 0.05) is 38.8 Å². The van der Waals surface area contributed by atoms with Crippen molar-refractivity contribution < 1.29 is 23.8 Å². The summed E-state index contributed by atoms with van der Waals surface area (Å²) in [7, 11) is 0. The third-order valence-corrected chi connectivity index (χ3v) is 7.46. The second-order valence-electron chi connectivity index (χ2n) is 9.76. The van der Waals surface area contributed by atoms with E-state index >= 15 is 4.39 Å². The third kappa shape index (κ3) is 7.07. The maximum absolute atomic E-state index is 15.5. The Kier molecular flexibility index (Phi) is 9.38. The van der Waals surface area contributed by atoms with Gasteiger partial charge < -0.3 is 20.1 Å². The van der Waals surface area contributed by atoms with Crippen LogP contribution >= 0.6 is 11.6 Å². The quantitative estimate of drug-likeness (QED) is 0.267. The summed E-state index contributed by atoms with van der Waals surface area (Å²) in [6.45, 7) is 4.48. The van der Waals surface area contributed by atoms with Crippen LogP contribution in [0.1, 0.15) is 44.9 Å². The summed E-state index contributed by atoms with van der Waals surface area (Å²) in [6, 6.07) is 0.0869. The van der Waals surface area contributed by atoms with Gasteiger partial charge in [-0.3, -0.25) is 20.5 Å². The number of ether oxygens (including phenoxy) is 1. The highest BCUT2D eigenvalue weighted by Crippen LogP contribution is 2.32. The Labute approximate surface area is 215 Å². The average molecular weight is 528 g/mol. The molecule has 0 unspecified atom stereocenters. The van der Waals surface area contributed by atoms with Crippen LogP contribution in [0.3, 0.4) is 0 Å². The number of amides is 2. The number of nitrogens with one attached hydrogen (secondary N) is 3. The third-order valence-electron chi connectivity index (χ3n) is 7.30. The molecule has 0 bridgehead atoms. The van der Waals surface area contributed by atoms with Crippen molar-refractivity contribution >= 4 is 35.2 Å². The van der Waals surface area contributed by atoms with Crippen LogP contribution in [0.2, 0.25) is 5.28 Å². The van der Waals surface area contributed by atoms with Crippen LogP contribution in [0.15, 0.2) is 0 Å². The molecule has 2 amide bonds. The monoisotopic (exact) mass is 527 g/mol. The highest BCUT2D eigenvalue weighted by atomic mass is 35.5. The average Bonchev–Trinajstić information content (AvgIpc) is 3.54. The number of hydrogen-bond donors (Lipinski definition) is 4. The van der Waals surface area contributed by atoms with Crippen LogP contribution in [0.5, 0.6) is 0 Å². The van der Waals surface area contributed by atoms with Gasteiger partial charge in [-0.2, -0.15) is 14.4 Å². The van der Waals surface area contributed by atoms with E-state index in [2.05, 4.69) is 31.0 Å². The summed E-state index contributed by atoms with van der Waals surface area (Å²) in [5.74, 6) is -1.46. The van der Waals surface area contributed by atoms with Gasteiger partial charge in [-0.1, -0.05) is 25.7 Å². The summed E-state index contributed by atoms with van der Waals surface area (Å²) in [4.78, 5) is 36.2. The van der Waals surface area contributed by atoms with Crippen molar-refractivity contribution in [1.82, 2.24) is 25.6 Å². The number of halogens is 2. The molecule has 2 aliphatic heterocycles. The van der Waals surface area contributed by atoms with Gasteiger partial charge in [-0.05, 0) is 36.8 Å². The Morgan fingerprint density at radius 2 is 1.89 bits per heavy atom. The first-order chi connectivity index (χ1) is 17.4. The van der Waals surface area contributed by atoms with Crippen LogP contribution in [0.4, 0.5) is 20.8 Å². The fourth-order valence-corrected chi connectivity index (χ4v) is 5.60. The summed E-state index contributed by atoms with van der Waals surface area (Å²) in [5.41, 5.74) is 5.08. The molecule has 3 aliphatic rings. The van der Waals surface area contributed by atoms with E-state index in [0.29, 0.717) is 32.1 Å². The first-order valence-corrected chi connectivity index (χ1v) is 13.1. The molecular formula is C23H35ClFN7O4. The fraction of sp³-hybridized carbons (Fsp3) is 0.739. The number of carbonyl (C=O) groups excluding carboxylic acids is 1. The lowest BCUT2D eigenvalue weighted by Gasteiger charge is -2.33. The number of aromatic nitrogens is 2. The Balaban J connectivity index is 1.42. The van der Waals surface area contributed by atoms with Crippen molar-refractivity contribution in [1.29, 1.82) is 0 Å². The van der Waals surface area contributed by atoms with Crippen molar-refractivity contribution in [3.05, 3.63) is 11.1 Å². The lowest BCUT2D eigenvalue weighted by atomic mass is 9.92. The number of anilines is 2. The molecule has 0 aromatic carbocycles. The van der Waals surface area contributed by atoms with Gasteiger partial charge in [0.1, 0.15) is 0 Å². The molecule has 11 nitrogen and oxygen atoms in total. The molecule has 4 N–H and O–H groups in total. The summed E-state index contributed by atoms with van der Waals surface area (Å²) < 4.78 is 21.0. The van der Waals surface area contributed by atoms with E-state index in [1.165, 1.54) is 0 Å². The molecule has 1 aromatic heterocycles. The molecule has 2 saturated heterocycles. The van der Waals surface area contributed by atoms with E-state index in [1.54, 1.807) is 0 Å². The molecule has 13 heteroatoms. The zero-order valence-electron chi connectivity index (χ0n) is 20.3.